The van der Waals surface area contributed by atoms with Crippen molar-refractivity contribution in [1.29, 1.82) is 0 Å². The van der Waals surface area contributed by atoms with E-state index in [1.54, 1.807) is 0 Å². The highest BCUT2D eigenvalue weighted by Crippen LogP contribution is 2.53. The Morgan fingerprint density at radius 3 is 2.33 bits per heavy atom. The summed E-state index contributed by atoms with van der Waals surface area (Å²) >= 11 is 0. The van der Waals surface area contributed by atoms with E-state index in [-0.39, 0.29) is 12.2 Å². The van der Waals surface area contributed by atoms with Crippen LogP contribution in [-0.4, -0.2) is 35.3 Å². The molecule has 0 bridgehead atoms. The number of Topliss-reactive ketones (excluding diaryl/α,β-unsaturated/α-hetero) is 1. The summed E-state index contributed by atoms with van der Waals surface area (Å²) in [6, 6.07) is 0. The molecule has 0 radical (unpaired) electrons. The Morgan fingerprint density at radius 1 is 1.47 bits per heavy atom. The van der Waals surface area contributed by atoms with Crippen LogP contribution < -0.4 is 0 Å². The number of carboxylic acids is 1. The molecule has 0 spiro atoms. The number of fused-ring (bicyclic) bond motifs is 1. The van der Waals surface area contributed by atoms with E-state index in [0.29, 0.717) is 0 Å². The molecule has 0 amide bonds. The second-order valence-electron chi connectivity index (χ2n) is 4.70. The van der Waals surface area contributed by atoms with Gasteiger partial charge in [0.2, 0.25) is 0 Å². The van der Waals surface area contributed by atoms with Gasteiger partial charge in [0, 0.05) is 12.3 Å². The van der Waals surface area contributed by atoms with Gasteiger partial charge in [-0.2, -0.15) is 0 Å². The van der Waals surface area contributed by atoms with Gasteiger partial charge < -0.3 is 5.11 Å². The lowest BCUT2D eigenvalue weighted by Crippen LogP contribution is -2.45. The van der Waals surface area contributed by atoms with Crippen LogP contribution in [0.2, 0.25) is 0 Å². The molecular formula is C9H12O5S. The molecule has 6 heteroatoms. The summed E-state index contributed by atoms with van der Waals surface area (Å²) in [6.45, 7) is 2.79. The first-order valence-electron chi connectivity index (χ1n) is 4.70. The van der Waals surface area contributed by atoms with Crippen LogP contribution in [0, 0.1) is 11.8 Å². The molecule has 1 saturated carbocycles. The van der Waals surface area contributed by atoms with Crippen LogP contribution in [0.15, 0.2) is 0 Å². The predicted molar refractivity (Wildman–Crippen MR) is 51.0 cm³/mol. The minimum Gasteiger partial charge on any atom is -0.481 e. The van der Waals surface area contributed by atoms with Crippen molar-refractivity contribution in [2.75, 3.05) is 0 Å². The summed E-state index contributed by atoms with van der Waals surface area (Å²) in [4.78, 5) is 22.3. The highest BCUT2D eigenvalue weighted by molar-refractivity contribution is 7.93. The molecule has 3 atom stereocenters. The fourth-order valence-electron chi connectivity index (χ4n) is 2.66. The normalized spacial score (nSPS) is 40.7. The molecule has 0 aromatic heterocycles. The molecule has 1 heterocycles. The minimum atomic E-state index is -3.49. The molecule has 2 fully saturated rings. The zero-order chi connectivity index (χ0) is 11.6. The van der Waals surface area contributed by atoms with E-state index < -0.39 is 37.6 Å². The van der Waals surface area contributed by atoms with Crippen molar-refractivity contribution < 1.29 is 23.1 Å². The average molecular weight is 232 g/mol. The van der Waals surface area contributed by atoms with E-state index in [1.165, 1.54) is 13.8 Å². The van der Waals surface area contributed by atoms with Gasteiger partial charge in [-0.25, -0.2) is 8.42 Å². The number of hydrogen-bond acceptors (Lipinski definition) is 4. The van der Waals surface area contributed by atoms with Gasteiger partial charge in [0.1, 0.15) is 5.78 Å². The Morgan fingerprint density at radius 2 is 2.00 bits per heavy atom. The standard InChI is InChI=1S/C9H12O5S/c1-9(2)7(8(11)12)6-4(10)3-5(6)15(9,13)14/h5-7H,3H2,1-2H3,(H,11,12)/t5-,6-,7-/m0/s1. The lowest BCUT2D eigenvalue weighted by atomic mass is 9.70. The van der Waals surface area contributed by atoms with Gasteiger partial charge in [0.15, 0.2) is 9.84 Å². The van der Waals surface area contributed by atoms with Crippen LogP contribution in [0.4, 0.5) is 0 Å². The summed E-state index contributed by atoms with van der Waals surface area (Å²) in [5.74, 6) is -3.33. The van der Waals surface area contributed by atoms with E-state index in [4.69, 9.17) is 5.11 Å². The van der Waals surface area contributed by atoms with Crippen molar-refractivity contribution in [3.63, 3.8) is 0 Å². The smallest absolute Gasteiger partial charge is 0.308 e. The van der Waals surface area contributed by atoms with Crippen LogP contribution in [0.5, 0.6) is 0 Å². The Hall–Kier alpha value is -0.910. The zero-order valence-corrected chi connectivity index (χ0v) is 9.24. The third kappa shape index (κ3) is 1.00. The molecule has 0 unspecified atom stereocenters. The Labute approximate surface area is 87.4 Å². The first-order valence-corrected chi connectivity index (χ1v) is 6.25. The average Bonchev–Trinajstić information content (AvgIpc) is 2.19. The summed E-state index contributed by atoms with van der Waals surface area (Å²) in [7, 11) is -3.49. The number of carbonyl (C=O) groups is 2. The number of carbonyl (C=O) groups excluding carboxylic acids is 1. The quantitative estimate of drug-likeness (QED) is 0.679. The van der Waals surface area contributed by atoms with E-state index >= 15 is 0 Å². The third-order valence-corrected chi connectivity index (χ3v) is 6.66. The molecule has 1 saturated heterocycles. The van der Waals surface area contributed by atoms with E-state index in [0.717, 1.165) is 0 Å². The summed E-state index contributed by atoms with van der Waals surface area (Å²) in [5, 5.41) is 8.24. The Bertz CT molecular complexity index is 447. The van der Waals surface area contributed by atoms with Crippen LogP contribution >= 0.6 is 0 Å². The van der Waals surface area contributed by atoms with Gasteiger partial charge in [-0.3, -0.25) is 9.59 Å². The number of aliphatic carboxylic acids is 1. The lowest BCUT2D eigenvalue weighted by Gasteiger charge is -2.28. The minimum absolute atomic E-state index is 0.0137. The lowest BCUT2D eigenvalue weighted by molar-refractivity contribution is -0.149. The van der Waals surface area contributed by atoms with E-state index in [1.807, 2.05) is 0 Å². The molecule has 1 N–H and O–H groups in total. The highest BCUT2D eigenvalue weighted by atomic mass is 32.2. The zero-order valence-electron chi connectivity index (χ0n) is 8.43. The first kappa shape index (κ1) is 10.6. The number of carboxylic acid groups (broad SMARTS) is 1. The molecular weight excluding hydrogens is 220 g/mol. The fraction of sp³-hybridized carbons (Fsp3) is 0.778. The third-order valence-electron chi connectivity index (χ3n) is 3.68. The molecule has 2 rings (SSSR count). The van der Waals surface area contributed by atoms with Crippen molar-refractivity contribution in [2.24, 2.45) is 11.8 Å². The molecule has 15 heavy (non-hydrogen) atoms. The van der Waals surface area contributed by atoms with Crippen LogP contribution in [0.1, 0.15) is 20.3 Å². The second kappa shape index (κ2) is 2.61. The maximum Gasteiger partial charge on any atom is 0.308 e. The molecule has 0 aromatic carbocycles. The molecule has 0 aromatic rings. The summed E-state index contributed by atoms with van der Waals surface area (Å²) in [6.07, 6.45) is -0.0137. The number of sulfone groups is 1. The second-order valence-corrected chi connectivity index (χ2v) is 7.45. The van der Waals surface area contributed by atoms with Crippen molar-refractivity contribution in [2.45, 2.75) is 30.3 Å². The van der Waals surface area contributed by atoms with E-state index in [2.05, 4.69) is 0 Å². The summed E-state index contributed by atoms with van der Waals surface area (Å²) < 4.78 is 22.5. The molecule has 5 nitrogen and oxygen atoms in total. The molecule has 2 aliphatic rings. The monoisotopic (exact) mass is 232 g/mol. The topological polar surface area (TPSA) is 88.5 Å². The van der Waals surface area contributed by atoms with Gasteiger partial charge >= 0.3 is 5.97 Å². The maximum absolute atomic E-state index is 11.9. The molecule has 1 aliphatic carbocycles. The van der Waals surface area contributed by atoms with Crippen molar-refractivity contribution in [3.8, 4) is 0 Å². The van der Waals surface area contributed by atoms with Gasteiger partial charge in [-0.15, -0.1) is 0 Å². The highest BCUT2D eigenvalue weighted by Gasteiger charge is 2.69. The van der Waals surface area contributed by atoms with Crippen LogP contribution in [0.3, 0.4) is 0 Å². The Kier molecular flexibility index (Phi) is 1.84. The number of hydrogen-bond donors (Lipinski definition) is 1. The van der Waals surface area contributed by atoms with Gasteiger partial charge in [-0.05, 0) is 13.8 Å². The molecule has 1 aliphatic heterocycles. The van der Waals surface area contributed by atoms with Crippen molar-refractivity contribution in [3.05, 3.63) is 0 Å². The predicted octanol–water partition coefficient (Wildman–Crippen LogP) is -0.148. The first-order chi connectivity index (χ1) is 6.71. The largest absolute Gasteiger partial charge is 0.481 e. The Balaban J connectivity index is 2.57. The van der Waals surface area contributed by atoms with Crippen molar-refractivity contribution >= 4 is 21.6 Å². The molecule has 84 valence electrons. The van der Waals surface area contributed by atoms with Gasteiger partial charge in [0.05, 0.1) is 15.9 Å². The van der Waals surface area contributed by atoms with Crippen molar-refractivity contribution in [1.82, 2.24) is 0 Å². The SMILES string of the molecule is CC1(C)[C@H](C(=O)O)[C@H]2C(=O)C[C@@H]2S1(=O)=O. The van der Waals surface area contributed by atoms with E-state index in [9.17, 15) is 18.0 Å². The summed E-state index contributed by atoms with van der Waals surface area (Å²) in [5.41, 5.74) is 0. The fourth-order valence-corrected chi connectivity index (χ4v) is 5.12. The van der Waals surface area contributed by atoms with Gasteiger partial charge in [-0.1, -0.05) is 0 Å². The van der Waals surface area contributed by atoms with Crippen LogP contribution in [0.25, 0.3) is 0 Å². The number of rotatable bonds is 1. The van der Waals surface area contributed by atoms with Gasteiger partial charge in [0.25, 0.3) is 0 Å². The maximum atomic E-state index is 11.9. The number of ketones is 1. The van der Waals surface area contributed by atoms with Crippen LogP contribution in [-0.2, 0) is 19.4 Å².